The number of benzene rings is 3. The van der Waals surface area contributed by atoms with E-state index in [4.69, 9.17) is 0 Å². The smallest absolute Gasteiger partial charge is 0.297 e. The van der Waals surface area contributed by atoms with E-state index in [-0.39, 0.29) is 24.9 Å². The SMILES string of the molecule is O=C(C[n+]1ccc2ccccc2c1)N1c2ccccc2Sc2ccccc21.[Cl-]. The highest BCUT2D eigenvalue weighted by Gasteiger charge is 2.29. The van der Waals surface area contributed by atoms with Gasteiger partial charge in [-0.15, -0.1) is 0 Å². The quantitative estimate of drug-likeness (QED) is 0.477. The number of carbonyl (C=O) groups excluding carboxylic acids is 1. The molecule has 0 radical (unpaired) electrons. The summed E-state index contributed by atoms with van der Waals surface area (Å²) in [6.07, 6.45) is 4.00. The van der Waals surface area contributed by atoms with Crippen molar-refractivity contribution in [3.05, 3.63) is 91.3 Å². The van der Waals surface area contributed by atoms with Gasteiger partial charge in [0.2, 0.25) is 6.54 Å². The Bertz CT molecular complexity index is 1130. The Balaban J connectivity index is 0.00000192. The number of amides is 1. The topological polar surface area (TPSA) is 24.2 Å². The average molecular weight is 405 g/mol. The minimum Gasteiger partial charge on any atom is -1.00 e. The zero-order valence-electron chi connectivity index (χ0n) is 15.0. The molecule has 3 aromatic carbocycles. The Hall–Kier alpha value is -2.82. The third-order valence-corrected chi connectivity index (χ3v) is 5.88. The largest absolute Gasteiger partial charge is 1.00 e. The molecule has 28 heavy (non-hydrogen) atoms. The van der Waals surface area contributed by atoms with Gasteiger partial charge in [0, 0.05) is 21.2 Å². The van der Waals surface area contributed by atoms with Gasteiger partial charge in [0.1, 0.15) is 0 Å². The maximum absolute atomic E-state index is 13.3. The number of pyridine rings is 1. The van der Waals surface area contributed by atoms with Crippen LogP contribution in [0.3, 0.4) is 0 Å². The van der Waals surface area contributed by atoms with Crippen molar-refractivity contribution in [3.8, 4) is 0 Å². The number of rotatable bonds is 2. The van der Waals surface area contributed by atoms with E-state index in [9.17, 15) is 4.79 Å². The van der Waals surface area contributed by atoms with Crippen molar-refractivity contribution in [1.29, 1.82) is 0 Å². The summed E-state index contributed by atoms with van der Waals surface area (Å²) in [5.41, 5.74) is 1.90. The molecule has 3 nitrogen and oxygen atoms in total. The number of anilines is 2. The Labute approximate surface area is 174 Å². The lowest BCUT2D eigenvalue weighted by atomic mass is 10.2. The molecule has 0 saturated carbocycles. The molecule has 1 amide bonds. The second kappa shape index (κ2) is 7.66. The van der Waals surface area contributed by atoms with Gasteiger partial charge in [-0.2, -0.15) is 4.57 Å². The molecule has 0 fully saturated rings. The number of hydrogen-bond donors (Lipinski definition) is 0. The van der Waals surface area contributed by atoms with Crippen LogP contribution in [0.2, 0.25) is 0 Å². The molecular weight excluding hydrogens is 388 g/mol. The molecule has 0 N–H and O–H groups in total. The molecule has 1 aliphatic heterocycles. The van der Waals surface area contributed by atoms with E-state index < -0.39 is 0 Å². The van der Waals surface area contributed by atoms with Crippen LogP contribution in [0.4, 0.5) is 11.4 Å². The predicted molar refractivity (Wildman–Crippen MR) is 108 cm³/mol. The Morgan fingerprint density at radius 2 is 1.36 bits per heavy atom. The lowest BCUT2D eigenvalue weighted by Crippen LogP contribution is -3.00. The van der Waals surface area contributed by atoms with Gasteiger partial charge in [-0.1, -0.05) is 54.2 Å². The van der Waals surface area contributed by atoms with Crippen LogP contribution in [0.5, 0.6) is 0 Å². The first-order valence-corrected chi connectivity index (χ1v) is 9.68. The number of aromatic nitrogens is 1. The van der Waals surface area contributed by atoms with Gasteiger partial charge >= 0.3 is 0 Å². The second-order valence-electron chi connectivity index (χ2n) is 6.51. The zero-order chi connectivity index (χ0) is 18.2. The first-order chi connectivity index (χ1) is 13.3. The first-order valence-electron chi connectivity index (χ1n) is 8.86. The number of fused-ring (bicyclic) bond motifs is 3. The number of carbonyl (C=O) groups is 1. The summed E-state index contributed by atoms with van der Waals surface area (Å²) in [5.74, 6) is 0.0514. The zero-order valence-corrected chi connectivity index (χ0v) is 16.5. The lowest BCUT2D eigenvalue weighted by molar-refractivity contribution is -0.682. The van der Waals surface area contributed by atoms with Crippen molar-refractivity contribution in [2.75, 3.05) is 4.90 Å². The molecule has 0 aliphatic carbocycles. The Kier molecular flexibility index (Phi) is 5.07. The van der Waals surface area contributed by atoms with E-state index >= 15 is 0 Å². The van der Waals surface area contributed by atoms with Crippen molar-refractivity contribution in [2.45, 2.75) is 16.3 Å². The van der Waals surface area contributed by atoms with Crippen molar-refractivity contribution >= 4 is 39.8 Å². The maximum atomic E-state index is 13.3. The van der Waals surface area contributed by atoms with Gasteiger partial charge in [0.15, 0.2) is 12.4 Å². The molecular formula is C23H17ClN2OS. The van der Waals surface area contributed by atoms with E-state index in [0.29, 0.717) is 0 Å². The number of hydrogen-bond acceptors (Lipinski definition) is 2. The minimum atomic E-state index is 0. The maximum Gasteiger partial charge on any atom is 0.297 e. The van der Waals surface area contributed by atoms with Crippen LogP contribution in [0.1, 0.15) is 0 Å². The molecule has 0 spiro atoms. The fourth-order valence-electron chi connectivity index (χ4n) is 3.48. The van der Waals surface area contributed by atoms with Crippen molar-refractivity contribution < 1.29 is 21.8 Å². The van der Waals surface area contributed by atoms with Gasteiger partial charge in [-0.3, -0.25) is 9.69 Å². The number of nitrogens with zero attached hydrogens (tertiary/aromatic N) is 2. The highest BCUT2D eigenvalue weighted by molar-refractivity contribution is 7.99. The van der Waals surface area contributed by atoms with Crippen molar-refractivity contribution in [1.82, 2.24) is 0 Å². The molecule has 138 valence electrons. The summed E-state index contributed by atoms with van der Waals surface area (Å²) >= 11 is 1.71. The molecule has 1 aliphatic rings. The summed E-state index contributed by atoms with van der Waals surface area (Å²) in [4.78, 5) is 17.4. The van der Waals surface area contributed by atoms with E-state index in [0.717, 1.165) is 26.6 Å². The Morgan fingerprint density at radius 3 is 2.04 bits per heavy atom. The summed E-state index contributed by atoms with van der Waals surface area (Å²) < 4.78 is 1.96. The molecule has 0 bridgehead atoms. The molecule has 0 unspecified atom stereocenters. The predicted octanol–water partition coefficient (Wildman–Crippen LogP) is 1.96. The normalized spacial score (nSPS) is 12.1. The van der Waals surface area contributed by atoms with Gasteiger partial charge < -0.3 is 12.4 Å². The summed E-state index contributed by atoms with van der Waals surface area (Å²) in [6.45, 7) is 0.290. The second-order valence-corrected chi connectivity index (χ2v) is 7.60. The van der Waals surface area contributed by atoms with Crippen LogP contribution in [0, 0.1) is 0 Å². The molecule has 0 atom stereocenters. The molecule has 5 rings (SSSR count). The van der Waals surface area contributed by atoms with E-state index in [1.165, 1.54) is 5.39 Å². The Morgan fingerprint density at radius 1 is 0.786 bits per heavy atom. The van der Waals surface area contributed by atoms with E-state index in [1.54, 1.807) is 11.8 Å². The van der Waals surface area contributed by atoms with E-state index in [1.807, 2.05) is 70.4 Å². The van der Waals surface area contributed by atoms with Crippen molar-refractivity contribution in [3.63, 3.8) is 0 Å². The molecule has 0 saturated heterocycles. The highest BCUT2D eigenvalue weighted by Crippen LogP contribution is 2.47. The molecule has 2 heterocycles. The highest BCUT2D eigenvalue weighted by atomic mass is 35.5. The average Bonchev–Trinajstić information content (AvgIpc) is 2.71. The molecule has 1 aromatic heterocycles. The van der Waals surface area contributed by atoms with Crippen LogP contribution >= 0.6 is 11.8 Å². The van der Waals surface area contributed by atoms with Gasteiger partial charge in [0.05, 0.1) is 11.4 Å². The van der Waals surface area contributed by atoms with Gasteiger partial charge in [-0.05, 0) is 35.7 Å². The van der Waals surface area contributed by atoms with E-state index in [2.05, 4.69) is 30.3 Å². The molecule has 5 heteroatoms. The molecule has 4 aromatic rings. The fourth-order valence-corrected chi connectivity index (χ4v) is 4.53. The third-order valence-electron chi connectivity index (χ3n) is 4.75. The van der Waals surface area contributed by atoms with Gasteiger partial charge in [-0.25, -0.2) is 0 Å². The number of para-hydroxylation sites is 2. The fraction of sp³-hybridized carbons (Fsp3) is 0.0435. The minimum absolute atomic E-state index is 0. The number of halogens is 1. The standard InChI is InChI=1S/C23H17N2OS.ClH/c26-23(16-24-14-13-17-7-1-2-8-18(17)15-24)25-19-9-3-5-11-21(19)27-22-12-6-4-10-20(22)25;/h1-15H,16H2;1H/q+1;/p-1. The first kappa shape index (κ1) is 18.5. The van der Waals surface area contributed by atoms with Crippen molar-refractivity contribution in [2.24, 2.45) is 0 Å². The third kappa shape index (κ3) is 3.26. The monoisotopic (exact) mass is 404 g/mol. The van der Waals surface area contributed by atoms with Crippen LogP contribution < -0.4 is 21.9 Å². The summed E-state index contributed by atoms with van der Waals surface area (Å²) in [6, 6.07) is 26.4. The van der Waals surface area contributed by atoms with Crippen LogP contribution in [-0.4, -0.2) is 5.91 Å². The lowest BCUT2D eigenvalue weighted by Gasteiger charge is -2.30. The van der Waals surface area contributed by atoms with Crippen LogP contribution in [-0.2, 0) is 11.3 Å². The summed E-state index contributed by atoms with van der Waals surface area (Å²) in [7, 11) is 0. The summed E-state index contributed by atoms with van der Waals surface area (Å²) in [5, 5.41) is 2.30. The van der Waals surface area contributed by atoms with Crippen LogP contribution in [0.25, 0.3) is 10.8 Å². The van der Waals surface area contributed by atoms with Crippen LogP contribution in [0.15, 0.2) is 101 Å². The van der Waals surface area contributed by atoms with Gasteiger partial charge in [0.25, 0.3) is 5.91 Å².